The van der Waals surface area contributed by atoms with Crippen LogP contribution in [-0.2, 0) is 20.0 Å². The maximum atomic E-state index is 11.9. The molecule has 8 heteroatoms. The highest BCUT2D eigenvalue weighted by Crippen LogP contribution is 2.25. The average Bonchev–Trinajstić information content (AvgIpc) is 2.64. The first-order valence-electron chi connectivity index (χ1n) is 8.44. The molecule has 0 spiro atoms. The lowest BCUT2D eigenvalue weighted by molar-refractivity contribution is -0.894. The number of nitrogens with one attached hydrogen (secondary N) is 1. The van der Waals surface area contributed by atoms with E-state index in [1.807, 2.05) is 0 Å². The second kappa shape index (κ2) is 10.4. The molecule has 26 heavy (non-hydrogen) atoms. The first-order chi connectivity index (χ1) is 12.3. The van der Waals surface area contributed by atoms with E-state index in [2.05, 4.69) is 24.9 Å². The fourth-order valence-electron chi connectivity index (χ4n) is 2.15. The van der Waals surface area contributed by atoms with Gasteiger partial charge in [-0.05, 0) is 45.0 Å². The van der Waals surface area contributed by atoms with E-state index in [1.165, 1.54) is 68.2 Å². The van der Waals surface area contributed by atoms with Crippen LogP contribution in [-0.4, -0.2) is 36.5 Å². The number of sulfonamides is 2. The number of nitrogens with zero attached hydrogens (tertiary/aromatic N) is 1. The van der Waals surface area contributed by atoms with Crippen LogP contribution in [0, 0.1) is 0 Å². The van der Waals surface area contributed by atoms with Crippen molar-refractivity contribution in [3.8, 4) is 0 Å². The van der Waals surface area contributed by atoms with Crippen molar-refractivity contribution in [1.82, 2.24) is 0 Å². The van der Waals surface area contributed by atoms with Crippen LogP contribution < -0.4 is 4.90 Å². The third-order valence-electron chi connectivity index (χ3n) is 3.78. The molecule has 0 amide bonds. The third kappa shape index (κ3) is 6.87. The Morgan fingerprint density at radius 1 is 0.654 bits per heavy atom. The van der Waals surface area contributed by atoms with Gasteiger partial charge in [0, 0.05) is 9.79 Å². The monoisotopic (exact) mass is 398 g/mol. The van der Waals surface area contributed by atoms with Crippen LogP contribution in [0.5, 0.6) is 0 Å². The lowest BCUT2D eigenvalue weighted by Crippen LogP contribution is -3.11. The van der Waals surface area contributed by atoms with Crippen molar-refractivity contribution in [3.63, 3.8) is 0 Å². The molecular formula is C18H26N2O4S2. The Morgan fingerprint density at radius 3 is 1.19 bits per heavy atom. The van der Waals surface area contributed by atoms with Crippen molar-refractivity contribution in [2.24, 2.45) is 0 Å². The minimum Gasteiger partial charge on any atom is -0.428 e. The predicted molar refractivity (Wildman–Crippen MR) is 103 cm³/mol. The molecule has 0 aromatic heterocycles. The molecule has 0 saturated carbocycles. The van der Waals surface area contributed by atoms with Crippen LogP contribution in [0.15, 0.2) is 70.5 Å². The molecule has 0 fully saturated rings. The fraction of sp³-hybridized carbons (Fsp3) is 0.333. The summed E-state index contributed by atoms with van der Waals surface area (Å²) in [4.78, 5) is 1.36. The van der Waals surface area contributed by atoms with Gasteiger partial charge in [0.25, 0.3) is 0 Å². The second-order valence-electron chi connectivity index (χ2n) is 5.46. The van der Waals surface area contributed by atoms with E-state index in [-0.39, 0.29) is 9.79 Å². The minimum atomic E-state index is -4.23. The van der Waals surface area contributed by atoms with Gasteiger partial charge in [0.15, 0.2) is 0 Å². The Hall–Kier alpha value is -1.74. The topological polar surface area (TPSA) is 86.8 Å². The Bertz CT molecular complexity index is 776. The number of benzene rings is 2. The van der Waals surface area contributed by atoms with Crippen molar-refractivity contribution in [2.45, 2.75) is 30.6 Å². The summed E-state index contributed by atoms with van der Waals surface area (Å²) >= 11 is 0. The van der Waals surface area contributed by atoms with Gasteiger partial charge in [-0.1, -0.05) is 36.4 Å². The van der Waals surface area contributed by atoms with E-state index in [4.69, 9.17) is 0 Å². The van der Waals surface area contributed by atoms with E-state index in [1.54, 1.807) is 17.0 Å². The molecule has 0 unspecified atom stereocenters. The molecule has 144 valence electrons. The average molecular weight is 399 g/mol. The highest BCUT2D eigenvalue weighted by Gasteiger charge is 2.12. The number of hydrogen-bond acceptors (Lipinski definition) is 4. The molecule has 0 radical (unpaired) electrons. The van der Waals surface area contributed by atoms with Gasteiger partial charge in [0.1, 0.15) is 20.0 Å². The molecule has 0 atom stereocenters. The van der Waals surface area contributed by atoms with Crippen LogP contribution in [0.1, 0.15) is 20.8 Å². The molecule has 0 heterocycles. The maximum absolute atomic E-state index is 11.9. The normalized spacial score (nSPS) is 11.7. The van der Waals surface area contributed by atoms with Gasteiger partial charge in [-0.15, -0.1) is 0 Å². The summed E-state index contributed by atoms with van der Waals surface area (Å²) in [6, 6.07) is 14.4. The maximum Gasteiger partial charge on any atom is 0.112 e. The molecule has 2 aromatic carbocycles. The van der Waals surface area contributed by atoms with Crippen molar-refractivity contribution in [3.05, 3.63) is 64.8 Å². The van der Waals surface area contributed by atoms with Crippen molar-refractivity contribution >= 4 is 20.0 Å². The van der Waals surface area contributed by atoms with Crippen molar-refractivity contribution in [2.75, 3.05) is 19.6 Å². The van der Waals surface area contributed by atoms with Gasteiger partial charge < -0.3 is 9.03 Å². The summed E-state index contributed by atoms with van der Waals surface area (Å²) in [6.07, 6.45) is 0. The fourth-order valence-corrected chi connectivity index (χ4v) is 4.87. The lowest BCUT2D eigenvalue weighted by atomic mass is 10.4. The highest BCUT2D eigenvalue weighted by molar-refractivity contribution is 8.12. The first-order valence-corrected chi connectivity index (χ1v) is 11.3. The number of quaternary nitrogens is 1. The first kappa shape index (κ1) is 22.3. The zero-order chi connectivity index (χ0) is 19.6. The molecule has 0 aliphatic rings. The van der Waals surface area contributed by atoms with E-state index in [0.29, 0.717) is 0 Å². The standard InChI is InChI=1S/C12H10NO4S2.C6H15N/c14-18(15,11-7-3-1-4-8-11)13-19(16,17)12-9-5-2-6-10-12;1-4-7(5-2)6-3/h1-10H;4-6H2,1-3H3/q-1;/p+1. The summed E-state index contributed by atoms with van der Waals surface area (Å²) in [5.41, 5.74) is 0. The molecule has 0 aliphatic heterocycles. The highest BCUT2D eigenvalue weighted by atomic mass is 32.3. The largest absolute Gasteiger partial charge is 0.428 e. The lowest BCUT2D eigenvalue weighted by Gasteiger charge is -2.20. The summed E-state index contributed by atoms with van der Waals surface area (Å²) in [6.45, 7) is 10.5. The van der Waals surface area contributed by atoms with Crippen LogP contribution in [0.2, 0.25) is 0 Å². The number of rotatable bonds is 7. The van der Waals surface area contributed by atoms with E-state index in [0.717, 1.165) is 0 Å². The van der Waals surface area contributed by atoms with Gasteiger partial charge >= 0.3 is 0 Å². The van der Waals surface area contributed by atoms with E-state index >= 15 is 0 Å². The van der Waals surface area contributed by atoms with Crippen LogP contribution in [0.3, 0.4) is 0 Å². The van der Waals surface area contributed by atoms with E-state index < -0.39 is 20.0 Å². The zero-order valence-corrected chi connectivity index (χ0v) is 16.9. The molecule has 0 bridgehead atoms. The Balaban J connectivity index is 0.000000412. The Morgan fingerprint density at radius 2 is 0.962 bits per heavy atom. The van der Waals surface area contributed by atoms with Gasteiger partial charge in [0.2, 0.25) is 0 Å². The second-order valence-corrected chi connectivity index (χ2v) is 8.90. The number of hydrogen-bond donors (Lipinski definition) is 1. The van der Waals surface area contributed by atoms with E-state index in [9.17, 15) is 16.8 Å². The van der Waals surface area contributed by atoms with Crippen LogP contribution in [0.4, 0.5) is 0 Å². The molecule has 0 saturated heterocycles. The molecule has 2 aromatic rings. The van der Waals surface area contributed by atoms with Gasteiger partial charge in [-0.3, -0.25) is 0 Å². The zero-order valence-electron chi connectivity index (χ0n) is 15.3. The summed E-state index contributed by atoms with van der Waals surface area (Å²) in [5, 5.41) is 0. The quantitative estimate of drug-likeness (QED) is 0.773. The van der Waals surface area contributed by atoms with Gasteiger partial charge in [-0.2, -0.15) is 0 Å². The third-order valence-corrected chi connectivity index (χ3v) is 7.08. The van der Waals surface area contributed by atoms with Crippen molar-refractivity contribution in [1.29, 1.82) is 0 Å². The molecule has 1 N–H and O–H groups in total. The summed E-state index contributed by atoms with van der Waals surface area (Å²) < 4.78 is 50.5. The summed E-state index contributed by atoms with van der Waals surface area (Å²) in [5.74, 6) is 0. The smallest absolute Gasteiger partial charge is 0.112 e. The molecule has 2 rings (SSSR count). The Labute approximate surface area is 157 Å². The van der Waals surface area contributed by atoms with Gasteiger partial charge in [-0.25, -0.2) is 16.8 Å². The van der Waals surface area contributed by atoms with Crippen LogP contribution in [0.25, 0.3) is 4.13 Å². The van der Waals surface area contributed by atoms with Crippen molar-refractivity contribution < 1.29 is 21.7 Å². The Kier molecular flexibility index (Phi) is 8.94. The van der Waals surface area contributed by atoms with Gasteiger partial charge in [0.05, 0.1) is 19.6 Å². The molecule has 6 nitrogen and oxygen atoms in total. The summed E-state index contributed by atoms with van der Waals surface area (Å²) in [7, 11) is -8.46. The molecule has 0 aliphatic carbocycles. The predicted octanol–water partition coefficient (Wildman–Crippen LogP) is 2.07. The SMILES string of the molecule is CC[NH+](CC)CC.O=S(=O)([N-]S(=O)(=O)c1ccccc1)c1ccccc1. The molecular weight excluding hydrogens is 372 g/mol. The minimum absolute atomic E-state index is 0.158. The van der Waals surface area contributed by atoms with Crippen LogP contribution >= 0.6 is 0 Å².